The number of hydrogen-bond acceptors (Lipinski definition) is 3. The molecule has 0 bridgehead atoms. The lowest BCUT2D eigenvalue weighted by molar-refractivity contribution is -0.138. The maximum atomic E-state index is 12.8. The van der Waals surface area contributed by atoms with Gasteiger partial charge in [0.25, 0.3) is 0 Å². The Hall–Kier alpha value is -1.22. The second-order valence-corrected chi connectivity index (χ2v) is 9.46. The van der Waals surface area contributed by atoms with E-state index in [9.17, 15) is 4.79 Å². The molecule has 1 aliphatic heterocycles. The van der Waals surface area contributed by atoms with Gasteiger partial charge in [-0.25, -0.2) is 0 Å². The number of nitrogens with zero attached hydrogens (tertiary/aromatic N) is 3. The van der Waals surface area contributed by atoms with Gasteiger partial charge in [0.05, 0.1) is 5.41 Å². The van der Waals surface area contributed by atoms with Gasteiger partial charge in [0, 0.05) is 58.0 Å². The highest BCUT2D eigenvalue weighted by Gasteiger charge is 2.42. The first kappa shape index (κ1) is 26.0. The number of aliphatic imine (C=N–C) groups is 1. The van der Waals surface area contributed by atoms with Crippen LogP contribution in [0.25, 0.3) is 0 Å². The molecule has 2 aliphatic rings. The number of hydrogen-bond donors (Lipinski definition) is 2. The Balaban J connectivity index is 0.00000341. The average Bonchev–Trinajstić information content (AvgIpc) is 3.39. The van der Waals surface area contributed by atoms with Crippen LogP contribution in [0.3, 0.4) is 0 Å². The maximum absolute atomic E-state index is 12.8. The Labute approximate surface area is 209 Å². The van der Waals surface area contributed by atoms with Crippen LogP contribution < -0.4 is 15.5 Å². The molecule has 1 aliphatic carbocycles. The van der Waals surface area contributed by atoms with Crippen molar-refractivity contribution in [2.75, 3.05) is 52.2 Å². The highest BCUT2D eigenvalue weighted by molar-refractivity contribution is 14.0. The van der Waals surface area contributed by atoms with E-state index in [1.165, 1.54) is 11.3 Å². The summed E-state index contributed by atoms with van der Waals surface area (Å²) in [6, 6.07) is 6.10. The van der Waals surface area contributed by atoms with Gasteiger partial charge >= 0.3 is 0 Å². The van der Waals surface area contributed by atoms with Crippen molar-refractivity contribution in [2.45, 2.75) is 39.0 Å². The van der Waals surface area contributed by atoms with Gasteiger partial charge < -0.3 is 20.4 Å². The van der Waals surface area contributed by atoms with Gasteiger partial charge in [-0.05, 0) is 49.8 Å². The number of halogens is 2. The Morgan fingerprint density at radius 3 is 2.65 bits per heavy atom. The molecule has 1 unspecified atom stereocenters. The minimum atomic E-state index is -0.296. The molecule has 0 spiro atoms. The molecule has 1 aromatic rings. The van der Waals surface area contributed by atoms with Gasteiger partial charge in [-0.2, -0.15) is 0 Å². The van der Waals surface area contributed by atoms with Crippen molar-refractivity contribution in [2.24, 2.45) is 16.3 Å². The van der Waals surface area contributed by atoms with Crippen LogP contribution in [0.5, 0.6) is 0 Å². The van der Waals surface area contributed by atoms with E-state index in [1.807, 2.05) is 20.2 Å². The fourth-order valence-electron chi connectivity index (χ4n) is 4.85. The Bertz CT molecular complexity index is 779. The van der Waals surface area contributed by atoms with Crippen molar-refractivity contribution in [3.05, 3.63) is 28.8 Å². The SMILES string of the molecule is CN=C(NCC1CCN(c2cc(Cl)ccc2C)C1)NCC1(C(=O)N(C)C)CCCC1.I. The van der Waals surface area contributed by atoms with Gasteiger partial charge in [-0.1, -0.05) is 30.5 Å². The lowest BCUT2D eigenvalue weighted by atomic mass is 9.84. The first-order chi connectivity index (χ1) is 14.3. The average molecular weight is 562 g/mol. The third kappa shape index (κ3) is 6.40. The van der Waals surface area contributed by atoms with E-state index in [0.717, 1.165) is 62.7 Å². The van der Waals surface area contributed by atoms with Gasteiger partial charge in [-0.15, -0.1) is 24.0 Å². The molecule has 1 aromatic carbocycles. The van der Waals surface area contributed by atoms with Crippen molar-refractivity contribution in [1.82, 2.24) is 15.5 Å². The third-order valence-electron chi connectivity index (χ3n) is 6.59. The fraction of sp³-hybridized carbons (Fsp3) is 0.652. The molecule has 1 saturated heterocycles. The van der Waals surface area contributed by atoms with Crippen LogP contribution in [0, 0.1) is 18.3 Å². The van der Waals surface area contributed by atoms with Crippen LogP contribution in [0.2, 0.25) is 5.02 Å². The molecular weight excluding hydrogens is 525 g/mol. The summed E-state index contributed by atoms with van der Waals surface area (Å²) in [6.45, 7) is 5.69. The third-order valence-corrected chi connectivity index (χ3v) is 6.83. The first-order valence-electron chi connectivity index (χ1n) is 11.0. The van der Waals surface area contributed by atoms with E-state index < -0.39 is 0 Å². The van der Waals surface area contributed by atoms with E-state index in [4.69, 9.17) is 11.6 Å². The second-order valence-electron chi connectivity index (χ2n) is 9.03. The first-order valence-corrected chi connectivity index (χ1v) is 11.4. The number of nitrogens with one attached hydrogen (secondary N) is 2. The summed E-state index contributed by atoms with van der Waals surface area (Å²) in [4.78, 5) is 21.3. The smallest absolute Gasteiger partial charge is 0.230 e. The number of aryl methyl sites for hydroxylation is 1. The van der Waals surface area contributed by atoms with Crippen LogP contribution >= 0.6 is 35.6 Å². The lowest BCUT2D eigenvalue weighted by Crippen LogP contribution is -2.49. The van der Waals surface area contributed by atoms with Crippen LogP contribution in [0.1, 0.15) is 37.7 Å². The van der Waals surface area contributed by atoms with Crippen LogP contribution in [0.15, 0.2) is 23.2 Å². The molecule has 0 aromatic heterocycles. The van der Waals surface area contributed by atoms with Crippen LogP contribution in [-0.2, 0) is 4.79 Å². The Morgan fingerprint density at radius 2 is 2.00 bits per heavy atom. The summed E-state index contributed by atoms with van der Waals surface area (Å²) in [6.07, 6.45) is 5.27. The minimum absolute atomic E-state index is 0. The zero-order chi connectivity index (χ0) is 21.7. The molecule has 6 nitrogen and oxygen atoms in total. The molecule has 2 N–H and O–H groups in total. The van der Waals surface area contributed by atoms with Gasteiger partial charge in [0.1, 0.15) is 0 Å². The van der Waals surface area contributed by atoms with Crippen LogP contribution in [-0.4, -0.2) is 64.1 Å². The molecule has 1 saturated carbocycles. The molecule has 31 heavy (non-hydrogen) atoms. The summed E-state index contributed by atoms with van der Waals surface area (Å²) >= 11 is 6.20. The summed E-state index contributed by atoms with van der Waals surface area (Å²) < 4.78 is 0. The molecule has 1 atom stereocenters. The van der Waals surface area contributed by atoms with Gasteiger partial charge in [0.15, 0.2) is 5.96 Å². The molecule has 3 rings (SSSR count). The predicted octanol–water partition coefficient (Wildman–Crippen LogP) is 3.91. The standard InChI is InChI=1S/C23H36ClN5O.HI/c1-17-7-8-19(24)13-20(17)29-12-9-18(15-29)14-26-22(25-2)27-16-23(10-5-6-11-23)21(30)28(3)4;/h7-8,13,18H,5-6,9-12,14-16H2,1-4H3,(H2,25,26,27);1H. The second kappa shape index (κ2) is 11.6. The minimum Gasteiger partial charge on any atom is -0.371 e. The van der Waals surface area contributed by atoms with Crippen LogP contribution in [0.4, 0.5) is 5.69 Å². The molecule has 2 fully saturated rings. The van der Waals surface area contributed by atoms with E-state index in [0.29, 0.717) is 12.5 Å². The number of anilines is 1. The molecule has 1 heterocycles. The Morgan fingerprint density at radius 1 is 1.29 bits per heavy atom. The molecule has 174 valence electrons. The van der Waals surface area contributed by atoms with E-state index >= 15 is 0 Å². The lowest BCUT2D eigenvalue weighted by Gasteiger charge is -2.31. The largest absolute Gasteiger partial charge is 0.371 e. The number of benzene rings is 1. The fourth-order valence-corrected chi connectivity index (χ4v) is 5.01. The highest BCUT2D eigenvalue weighted by atomic mass is 127. The van der Waals surface area contributed by atoms with E-state index in [1.54, 1.807) is 11.9 Å². The number of rotatable bonds is 6. The monoisotopic (exact) mass is 561 g/mol. The van der Waals surface area contributed by atoms with Crippen molar-refractivity contribution < 1.29 is 4.79 Å². The number of amides is 1. The zero-order valence-corrected chi connectivity index (χ0v) is 22.3. The van der Waals surface area contributed by atoms with Crippen molar-refractivity contribution in [3.63, 3.8) is 0 Å². The van der Waals surface area contributed by atoms with E-state index in [-0.39, 0.29) is 35.3 Å². The van der Waals surface area contributed by atoms with Gasteiger partial charge in [-0.3, -0.25) is 9.79 Å². The van der Waals surface area contributed by atoms with E-state index in [2.05, 4.69) is 39.6 Å². The Kier molecular flexibility index (Phi) is 9.73. The van der Waals surface area contributed by atoms with Crippen molar-refractivity contribution in [3.8, 4) is 0 Å². The molecular formula is C23H37ClIN5O. The maximum Gasteiger partial charge on any atom is 0.230 e. The summed E-state index contributed by atoms with van der Waals surface area (Å²) in [5.74, 6) is 1.56. The summed E-state index contributed by atoms with van der Waals surface area (Å²) in [7, 11) is 5.49. The molecule has 1 amide bonds. The summed E-state index contributed by atoms with van der Waals surface area (Å²) in [5, 5.41) is 7.70. The number of carbonyl (C=O) groups excluding carboxylic acids is 1. The van der Waals surface area contributed by atoms with Crippen molar-refractivity contribution in [1.29, 1.82) is 0 Å². The zero-order valence-electron chi connectivity index (χ0n) is 19.2. The topological polar surface area (TPSA) is 60.0 Å². The molecule has 8 heteroatoms. The normalized spacial score (nSPS) is 20.4. The van der Waals surface area contributed by atoms with Gasteiger partial charge in [0.2, 0.25) is 5.91 Å². The highest BCUT2D eigenvalue weighted by Crippen LogP contribution is 2.39. The predicted molar refractivity (Wildman–Crippen MR) is 141 cm³/mol. The van der Waals surface area contributed by atoms with Crippen molar-refractivity contribution >= 4 is 53.1 Å². The number of carbonyl (C=O) groups is 1. The quantitative estimate of drug-likeness (QED) is 0.314. The molecule has 0 radical (unpaired) electrons. The summed E-state index contributed by atoms with van der Waals surface area (Å²) in [5.41, 5.74) is 2.20. The number of guanidine groups is 1.